The van der Waals surface area contributed by atoms with E-state index in [1.165, 1.54) is 18.5 Å². The molecule has 2 aromatic carbocycles. The molecule has 0 unspecified atom stereocenters. The third kappa shape index (κ3) is 3.48. The van der Waals surface area contributed by atoms with Gasteiger partial charge >= 0.3 is 6.18 Å². The van der Waals surface area contributed by atoms with E-state index in [1.807, 2.05) is 0 Å². The van der Waals surface area contributed by atoms with Gasteiger partial charge in [0.25, 0.3) is 0 Å². The molecule has 4 rings (SSSR count). The van der Waals surface area contributed by atoms with Gasteiger partial charge in [-0.25, -0.2) is 9.97 Å². The predicted molar refractivity (Wildman–Crippen MR) is 105 cm³/mol. The summed E-state index contributed by atoms with van der Waals surface area (Å²) >= 11 is 0. The molecule has 0 aliphatic carbocycles. The fourth-order valence-corrected chi connectivity index (χ4v) is 3.16. The van der Waals surface area contributed by atoms with Crippen molar-refractivity contribution in [3.8, 4) is 17.3 Å². The number of fused-ring (bicyclic) bond motifs is 1. The summed E-state index contributed by atoms with van der Waals surface area (Å²) in [5.41, 5.74) is 12.8. The zero-order valence-corrected chi connectivity index (χ0v) is 15.4. The molecular weight excluding hydrogens is 395 g/mol. The Kier molecular flexibility index (Phi) is 4.50. The molecule has 2 aromatic heterocycles. The van der Waals surface area contributed by atoms with Gasteiger partial charge in [0.1, 0.15) is 11.2 Å². The zero-order chi connectivity index (χ0) is 21.5. The number of nitrogens with two attached hydrogens (primary N) is 2. The van der Waals surface area contributed by atoms with Crippen molar-refractivity contribution in [3.63, 3.8) is 0 Å². The molecule has 0 fully saturated rings. The molecule has 0 spiro atoms. The van der Waals surface area contributed by atoms with Crippen LogP contribution >= 0.6 is 0 Å². The van der Waals surface area contributed by atoms with Crippen LogP contribution in [0.15, 0.2) is 48.8 Å². The first-order chi connectivity index (χ1) is 14.3. The second kappa shape index (κ2) is 7.04. The highest BCUT2D eigenvalue weighted by Crippen LogP contribution is 2.34. The number of halogens is 3. The maximum Gasteiger partial charge on any atom is 0.418 e. The number of rotatable bonds is 3. The number of alkyl halides is 3. The summed E-state index contributed by atoms with van der Waals surface area (Å²) in [6.45, 7) is 0.0774. The van der Waals surface area contributed by atoms with Crippen LogP contribution in [0.3, 0.4) is 0 Å². The fourth-order valence-electron chi connectivity index (χ4n) is 3.16. The molecule has 4 aromatic rings. The number of nitrogens with zero attached hydrogens (tertiary/aromatic N) is 5. The molecule has 0 aliphatic heterocycles. The Hall–Kier alpha value is -4.13. The summed E-state index contributed by atoms with van der Waals surface area (Å²) in [5, 5.41) is 9.13. The Bertz CT molecular complexity index is 1300. The number of hydrogen-bond donors (Lipinski definition) is 2. The quantitative estimate of drug-likeness (QED) is 0.499. The van der Waals surface area contributed by atoms with Gasteiger partial charge in [-0.3, -0.25) is 0 Å². The normalized spacial score (nSPS) is 11.5. The smallest absolute Gasteiger partial charge is 0.398 e. The predicted octanol–water partition coefficient (Wildman–Crippen LogP) is 3.60. The van der Waals surface area contributed by atoms with Crippen LogP contribution < -0.4 is 11.5 Å². The zero-order valence-electron chi connectivity index (χ0n) is 15.4. The van der Waals surface area contributed by atoms with Crippen LogP contribution in [0.5, 0.6) is 0 Å². The summed E-state index contributed by atoms with van der Waals surface area (Å²) in [7, 11) is 0. The summed E-state index contributed by atoms with van der Waals surface area (Å²) in [6.07, 6.45) is -3.09. The molecule has 0 saturated carbocycles. The summed E-state index contributed by atoms with van der Waals surface area (Å²) < 4.78 is 41.1. The average Bonchev–Trinajstić information content (AvgIpc) is 3.10. The van der Waals surface area contributed by atoms with Crippen molar-refractivity contribution in [2.24, 2.45) is 0 Å². The van der Waals surface area contributed by atoms with Crippen LogP contribution in [0.1, 0.15) is 16.7 Å². The van der Waals surface area contributed by atoms with E-state index in [0.717, 1.165) is 6.07 Å². The second-order valence-corrected chi connectivity index (χ2v) is 6.59. The van der Waals surface area contributed by atoms with Crippen molar-refractivity contribution in [1.29, 1.82) is 5.26 Å². The molecule has 0 bridgehead atoms. The van der Waals surface area contributed by atoms with Crippen LogP contribution in [0.25, 0.3) is 22.4 Å². The first-order valence-corrected chi connectivity index (χ1v) is 8.71. The van der Waals surface area contributed by atoms with E-state index in [4.69, 9.17) is 16.7 Å². The van der Waals surface area contributed by atoms with Crippen LogP contribution in [-0.2, 0) is 12.7 Å². The van der Waals surface area contributed by atoms with Gasteiger partial charge in [0, 0.05) is 11.3 Å². The van der Waals surface area contributed by atoms with Crippen molar-refractivity contribution in [2.75, 3.05) is 11.5 Å². The van der Waals surface area contributed by atoms with E-state index in [2.05, 4.69) is 21.0 Å². The number of aromatic nitrogens is 4. The summed E-state index contributed by atoms with van der Waals surface area (Å²) in [4.78, 5) is 12.8. The lowest BCUT2D eigenvalue weighted by atomic mass is 10.1. The Morgan fingerprint density at radius 1 is 1.07 bits per heavy atom. The van der Waals surface area contributed by atoms with Gasteiger partial charge in [-0.15, -0.1) is 0 Å². The van der Waals surface area contributed by atoms with E-state index in [1.54, 1.807) is 28.8 Å². The van der Waals surface area contributed by atoms with Gasteiger partial charge in [0.05, 0.1) is 30.1 Å². The molecule has 30 heavy (non-hydrogen) atoms. The van der Waals surface area contributed by atoms with Crippen molar-refractivity contribution in [3.05, 3.63) is 65.5 Å². The van der Waals surface area contributed by atoms with Crippen molar-refractivity contribution in [1.82, 2.24) is 19.5 Å². The maximum atomic E-state index is 13.2. The number of anilines is 2. The minimum Gasteiger partial charge on any atom is -0.398 e. The number of hydrogen-bond acceptors (Lipinski definition) is 6. The van der Waals surface area contributed by atoms with Crippen molar-refractivity contribution < 1.29 is 13.2 Å². The fraction of sp³-hybridized carbons (Fsp3) is 0.100. The van der Waals surface area contributed by atoms with E-state index < -0.39 is 11.7 Å². The van der Waals surface area contributed by atoms with E-state index in [-0.39, 0.29) is 18.2 Å². The average molecular weight is 409 g/mol. The van der Waals surface area contributed by atoms with Gasteiger partial charge in [-0.1, -0.05) is 18.2 Å². The maximum absolute atomic E-state index is 13.2. The standard InChI is InChI=1S/C20H14F3N7/c21-20(22,23)14-7-12(4-5-15(14)25)9-30-10-27-17-16(28-19(26)29-18(17)30)13-3-1-2-11(6-13)8-24/h1-7,10H,9,25H2,(H2,26,28,29). The molecular formula is C20H14F3N7. The van der Waals surface area contributed by atoms with Gasteiger partial charge in [0.15, 0.2) is 5.65 Å². The molecule has 7 nitrogen and oxygen atoms in total. The second-order valence-electron chi connectivity index (χ2n) is 6.59. The SMILES string of the molecule is N#Cc1cccc(-c2nc(N)nc3c2ncn3Cc2ccc(N)c(C(F)(F)F)c2)c1. The largest absolute Gasteiger partial charge is 0.418 e. The van der Waals surface area contributed by atoms with E-state index in [0.29, 0.717) is 33.5 Å². The summed E-state index contributed by atoms with van der Waals surface area (Å²) in [5.74, 6) is -0.0186. The third-order valence-corrected chi connectivity index (χ3v) is 4.52. The van der Waals surface area contributed by atoms with Gasteiger partial charge in [-0.2, -0.15) is 23.4 Å². The molecule has 0 saturated heterocycles. The highest BCUT2D eigenvalue weighted by atomic mass is 19.4. The number of nitrogen functional groups attached to an aromatic ring is 2. The highest BCUT2D eigenvalue weighted by Gasteiger charge is 2.33. The van der Waals surface area contributed by atoms with Gasteiger partial charge in [0.2, 0.25) is 5.95 Å². The van der Waals surface area contributed by atoms with Crippen LogP contribution in [0.2, 0.25) is 0 Å². The first-order valence-electron chi connectivity index (χ1n) is 8.71. The lowest BCUT2D eigenvalue weighted by molar-refractivity contribution is -0.136. The minimum absolute atomic E-state index is 0.0186. The lowest BCUT2D eigenvalue weighted by Gasteiger charge is -2.12. The Morgan fingerprint density at radius 3 is 2.60 bits per heavy atom. The monoisotopic (exact) mass is 409 g/mol. The minimum atomic E-state index is -4.55. The molecule has 0 amide bonds. The number of imidazole rings is 1. The van der Waals surface area contributed by atoms with Crippen LogP contribution in [-0.4, -0.2) is 19.5 Å². The molecule has 0 aliphatic rings. The van der Waals surface area contributed by atoms with Gasteiger partial charge in [-0.05, 0) is 29.8 Å². The first kappa shape index (κ1) is 19.2. The molecule has 10 heteroatoms. The Morgan fingerprint density at radius 2 is 1.87 bits per heavy atom. The number of benzene rings is 2. The third-order valence-electron chi connectivity index (χ3n) is 4.52. The Balaban J connectivity index is 1.80. The molecule has 4 N–H and O–H groups in total. The topological polar surface area (TPSA) is 119 Å². The lowest BCUT2D eigenvalue weighted by Crippen LogP contribution is -2.10. The van der Waals surface area contributed by atoms with Crippen LogP contribution in [0.4, 0.5) is 24.8 Å². The highest BCUT2D eigenvalue weighted by molar-refractivity contribution is 5.88. The summed E-state index contributed by atoms with van der Waals surface area (Å²) in [6, 6.07) is 12.6. The van der Waals surface area contributed by atoms with Crippen molar-refractivity contribution >= 4 is 22.8 Å². The van der Waals surface area contributed by atoms with E-state index >= 15 is 0 Å². The van der Waals surface area contributed by atoms with Gasteiger partial charge < -0.3 is 16.0 Å². The molecule has 2 heterocycles. The van der Waals surface area contributed by atoms with E-state index in [9.17, 15) is 13.2 Å². The molecule has 150 valence electrons. The molecule has 0 atom stereocenters. The Labute approximate surface area is 168 Å². The molecule has 0 radical (unpaired) electrons. The number of nitriles is 1. The van der Waals surface area contributed by atoms with Crippen LogP contribution in [0, 0.1) is 11.3 Å². The van der Waals surface area contributed by atoms with Crippen molar-refractivity contribution in [2.45, 2.75) is 12.7 Å².